The Morgan fingerprint density at radius 2 is 1.82 bits per heavy atom. The Morgan fingerprint density at radius 1 is 1.06 bits per heavy atom. The summed E-state index contributed by atoms with van der Waals surface area (Å²) in [7, 11) is 2.12. The number of H-pyrrole nitrogens is 1. The van der Waals surface area contributed by atoms with E-state index in [1.165, 1.54) is 0 Å². The zero-order valence-electron chi connectivity index (χ0n) is 19.5. The van der Waals surface area contributed by atoms with Gasteiger partial charge in [-0.05, 0) is 39.1 Å². The molecule has 1 aliphatic rings. The van der Waals surface area contributed by atoms with Gasteiger partial charge in [0.2, 0.25) is 0 Å². The van der Waals surface area contributed by atoms with Crippen molar-refractivity contribution in [1.82, 2.24) is 25.1 Å². The molecule has 1 aromatic carbocycles. The van der Waals surface area contributed by atoms with Gasteiger partial charge in [0.1, 0.15) is 17.4 Å². The molecule has 2 aromatic heterocycles. The van der Waals surface area contributed by atoms with E-state index >= 15 is 0 Å². The third-order valence-corrected chi connectivity index (χ3v) is 5.82. The van der Waals surface area contributed by atoms with Crippen LogP contribution >= 0.6 is 11.6 Å². The molecular weight excluding hydrogens is 452 g/mol. The number of ether oxygens (including phenoxy) is 1. The van der Waals surface area contributed by atoms with Crippen LogP contribution < -0.4 is 20.7 Å². The van der Waals surface area contributed by atoms with Crippen molar-refractivity contribution in [3.63, 3.8) is 0 Å². The van der Waals surface area contributed by atoms with Gasteiger partial charge in [-0.2, -0.15) is 15.1 Å². The maximum atomic E-state index is 6.59. The van der Waals surface area contributed by atoms with Gasteiger partial charge in [0.05, 0.1) is 10.7 Å². The number of benzene rings is 1. The van der Waals surface area contributed by atoms with Crippen LogP contribution in [0.2, 0.25) is 5.02 Å². The highest BCUT2D eigenvalue weighted by Crippen LogP contribution is 2.36. The first-order valence-electron chi connectivity index (χ1n) is 11.1. The number of piperazine rings is 1. The number of hydrogen-bond donors (Lipinski definition) is 3. The van der Waals surface area contributed by atoms with Gasteiger partial charge in [-0.25, -0.2) is 0 Å². The SMILES string of the molecule is CC=Cc1c(N)ccc(Oc2nc(Nc3cc(/C=C/C)[nH]n3)cc(N3CCN(C)CC3)n2)c1Cl. The normalized spacial score (nSPS) is 14.9. The first-order chi connectivity index (χ1) is 16.5. The number of nitrogens with zero attached hydrogens (tertiary/aromatic N) is 5. The molecule has 34 heavy (non-hydrogen) atoms. The highest BCUT2D eigenvalue weighted by atomic mass is 35.5. The molecular formula is C24H29ClN8O. The van der Waals surface area contributed by atoms with Crippen LogP contribution in [0.1, 0.15) is 25.1 Å². The molecule has 0 aliphatic carbocycles. The molecule has 0 amide bonds. The Bertz CT molecular complexity index is 1200. The van der Waals surface area contributed by atoms with Gasteiger partial charge in [-0.1, -0.05) is 29.8 Å². The zero-order chi connectivity index (χ0) is 24.1. The van der Waals surface area contributed by atoms with Crippen LogP contribution in [0.5, 0.6) is 11.8 Å². The van der Waals surface area contributed by atoms with Crippen molar-refractivity contribution in [3.8, 4) is 11.8 Å². The maximum Gasteiger partial charge on any atom is 0.325 e. The van der Waals surface area contributed by atoms with E-state index in [2.05, 4.69) is 42.3 Å². The van der Waals surface area contributed by atoms with Gasteiger partial charge in [0.15, 0.2) is 5.82 Å². The van der Waals surface area contributed by atoms with Crippen LogP contribution in [0.3, 0.4) is 0 Å². The molecule has 10 heteroatoms. The molecule has 3 aromatic rings. The van der Waals surface area contributed by atoms with Crippen LogP contribution in [0.15, 0.2) is 36.4 Å². The Morgan fingerprint density at radius 3 is 2.56 bits per heavy atom. The summed E-state index contributed by atoms with van der Waals surface area (Å²) >= 11 is 6.59. The van der Waals surface area contributed by atoms with E-state index in [-0.39, 0.29) is 6.01 Å². The summed E-state index contributed by atoms with van der Waals surface area (Å²) in [5, 5.41) is 10.9. The lowest BCUT2D eigenvalue weighted by atomic mass is 10.1. The van der Waals surface area contributed by atoms with E-state index in [0.29, 0.717) is 33.7 Å². The topological polar surface area (TPSA) is 108 Å². The molecule has 1 saturated heterocycles. The van der Waals surface area contributed by atoms with Crippen LogP contribution in [-0.4, -0.2) is 58.3 Å². The summed E-state index contributed by atoms with van der Waals surface area (Å²) in [6.07, 6.45) is 7.60. The molecule has 1 fully saturated rings. The fourth-order valence-corrected chi connectivity index (χ4v) is 3.89. The van der Waals surface area contributed by atoms with Gasteiger partial charge >= 0.3 is 6.01 Å². The number of aromatic nitrogens is 4. The van der Waals surface area contributed by atoms with Crippen molar-refractivity contribution in [3.05, 3.63) is 52.7 Å². The highest BCUT2D eigenvalue weighted by molar-refractivity contribution is 6.34. The van der Waals surface area contributed by atoms with Crippen molar-refractivity contribution < 1.29 is 4.74 Å². The molecule has 0 unspecified atom stereocenters. The third kappa shape index (κ3) is 5.49. The van der Waals surface area contributed by atoms with Crippen LogP contribution in [0.25, 0.3) is 12.2 Å². The van der Waals surface area contributed by atoms with Crippen molar-refractivity contribution in [2.24, 2.45) is 0 Å². The Balaban J connectivity index is 1.67. The molecule has 0 spiro atoms. The predicted molar refractivity (Wildman–Crippen MR) is 139 cm³/mol. The van der Waals surface area contributed by atoms with Crippen molar-refractivity contribution in [2.45, 2.75) is 13.8 Å². The molecule has 0 saturated carbocycles. The van der Waals surface area contributed by atoms with E-state index in [0.717, 1.165) is 37.7 Å². The van der Waals surface area contributed by atoms with Gasteiger partial charge in [-0.3, -0.25) is 5.10 Å². The molecule has 1 aliphatic heterocycles. The molecule has 4 N–H and O–H groups in total. The number of allylic oxidation sites excluding steroid dienone is 2. The first-order valence-corrected chi connectivity index (χ1v) is 11.5. The Kier molecular flexibility index (Phi) is 7.34. The molecule has 0 bridgehead atoms. The smallest absolute Gasteiger partial charge is 0.325 e. The highest BCUT2D eigenvalue weighted by Gasteiger charge is 2.19. The number of nitrogens with two attached hydrogens (primary N) is 1. The lowest BCUT2D eigenvalue weighted by molar-refractivity contribution is 0.311. The molecule has 9 nitrogen and oxygen atoms in total. The summed E-state index contributed by atoms with van der Waals surface area (Å²) in [5.41, 5.74) is 8.23. The molecule has 4 rings (SSSR count). The van der Waals surface area contributed by atoms with E-state index in [1.807, 2.05) is 50.3 Å². The number of halogens is 1. The summed E-state index contributed by atoms with van der Waals surface area (Å²) in [4.78, 5) is 13.7. The summed E-state index contributed by atoms with van der Waals surface area (Å²) in [6.45, 7) is 7.47. The summed E-state index contributed by atoms with van der Waals surface area (Å²) < 4.78 is 6.07. The molecule has 0 radical (unpaired) electrons. The van der Waals surface area contributed by atoms with Crippen molar-refractivity contribution in [1.29, 1.82) is 0 Å². The average molecular weight is 481 g/mol. The zero-order valence-corrected chi connectivity index (χ0v) is 20.3. The number of nitrogen functional groups attached to an aromatic ring is 1. The van der Waals surface area contributed by atoms with Crippen LogP contribution in [-0.2, 0) is 0 Å². The first kappa shape index (κ1) is 23.6. The maximum absolute atomic E-state index is 6.59. The van der Waals surface area contributed by atoms with E-state index in [1.54, 1.807) is 12.1 Å². The lowest BCUT2D eigenvalue weighted by Crippen LogP contribution is -2.44. The van der Waals surface area contributed by atoms with E-state index in [9.17, 15) is 0 Å². The van der Waals surface area contributed by atoms with Gasteiger partial charge in [-0.15, -0.1) is 0 Å². The largest absolute Gasteiger partial charge is 0.423 e. The third-order valence-electron chi connectivity index (χ3n) is 5.43. The second-order valence-electron chi connectivity index (χ2n) is 8.00. The quantitative estimate of drug-likeness (QED) is 0.414. The van der Waals surface area contributed by atoms with Crippen LogP contribution in [0, 0.1) is 0 Å². The number of anilines is 4. The van der Waals surface area contributed by atoms with Crippen LogP contribution in [0.4, 0.5) is 23.1 Å². The fraction of sp³-hybridized carbons (Fsp3) is 0.292. The molecule has 0 atom stereocenters. The Labute approximate surface area is 204 Å². The van der Waals surface area contributed by atoms with Gasteiger partial charge in [0.25, 0.3) is 0 Å². The van der Waals surface area contributed by atoms with Gasteiger partial charge in [0, 0.05) is 49.6 Å². The number of likely N-dealkylation sites (N-methyl/N-ethyl adjacent to an activating group) is 1. The number of rotatable bonds is 7. The second-order valence-corrected chi connectivity index (χ2v) is 8.38. The Hall–Kier alpha value is -3.56. The minimum atomic E-state index is 0.182. The summed E-state index contributed by atoms with van der Waals surface area (Å²) in [5.74, 6) is 2.41. The standard InChI is InChI=1S/C24H29ClN8O/c1-4-6-16-14-21(31-30-16)27-20-15-22(33-12-10-32(3)11-13-33)29-24(28-20)34-19-9-8-18(26)17(7-5-2)23(19)25/h4-9,14-15H,10-13,26H2,1-3H3,(H2,27,28,29,30,31)/b6-4+,7-5?. The van der Waals surface area contributed by atoms with Gasteiger partial charge < -0.3 is 25.6 Å². The number of hydrogen-bond acceptors (Lipinski definition) is 8. The monoisotopic (exact) mass is 480 g/mol. The average Bonchev–Trinajstić information content (AvgIpc) is 3.26. The fourth-order valence-electron chi connectivity index (χ4n) is 3.62. The lowest BCUT2D eigenvalue weighted by Gasteiger charge is -2.33. The molecule has 3 heterocycles. The minimum Gasteiger partial charge on any atom is -0.423 e. The van der Waals surface area contributed by atoms with Crippen molar-refractivity contribution >= 4 is 46.9 Å². The second kappa shape index (κ2) is 10.6. The van der Waals surface area contributed by atoms with E-state index < -0.39 is 0 Å². The van der Waals surface area contributed by atoms with Crippen molar-refractivity contribution in [2.75, 3.05) is 49.2 Å². The number of nitrogens with one attached hydrogen (secondary N) is 2. The van der Waals surface area contributed by atoms with E-state index in [4.69, 9.17) is 22.1 Å². The minimum absolute atomic E-state index is 0.182. The summed E-state index contributed by atoms with van der Waals surface area (Å²) in [6, 6.07) is 7.46. The number of aromatic amines is 1. The predicted octanol–water partition coefficient (Wildman–Crippen LogP) is 4.79. The molecule has 178 valence electrons.